The fourth-order valence-electron chi connectivity index (χ4n) is 5.02. The van der Waals surface area contributed by atoms with E-state index in [1.165, 1.54) is 5.56 Å². The molecule has 1 unspecified atom stereocenters. The van der Waals surface area contributed by atoms with E-state index in [2.05, 4.69) is 22.8 Å². The molecule has 2 aliphatic heterocycles. The van der Waals surface area contributed by atoms with Gasteiger partial charge in [-0.1, -0.05) is 18.2 Å². The Morgan fingerprint density at radius 2 is 2.00 bits per heavy atom. The van der Waals surface area contributed by atoms with Gasteiger partial charge in [-0.05, 0) is 80.9 Å². The van der Waals surface area contributed by atoms with Crippen LogP contribution in [0.2, 0.25) is 0 Å². The maximum Gasteiger partial charge on any atom is 0.248 e. The third kappa shape index (κ3) is 6.36. The minimum Gasteiger partial charge on any atom is -0.370 e. The van der Waals surface area contributed by atoms with Gasteiger partial charge in [-0.2, -0.15) is 0 Å². The number of aliphatic hydroxyl groups excluding tert-OH is 1. The summed E-state index contributed by atoms with van der Waals surface area (Å²) in [4.78, 5) is 30.9. The van der Waals surface area contributed by atoms with E-state index in [0.717, 1.165) is 43.7 Å². The number of aliphatic hydroxyl groups is 2. The van der Waals surface area contributed by atoms with Crippen molar-refractivity contribution in [1.82, 2.24) is 15.2 Å². The number of hydrogen-bond donors (Lipinski definition) is 5. The number of likely N-dealkylation sites (tertiary alicyclic amines) is 1. The van der Waals surface area contributed by atoms with Crippen molar-refractivity contribution in [3.8, 4) is 0 Å². The Balaban J connectivity index is 1.23. The van der Waals surface area contributed by atoms with Crippen LogP contribution in [0.25, 0.3) is 0 Å². The normalized spacial score (nSPS) is 17.5. The van der Waals surface area contributed by atoms with Crippen LogP contribution in [0.5, 0.6) is 0 Å². The molecule has 9 nitrogen and oxygen atoms in total. The van der Waals surface area contributed by atoms with Gasteiger partial charge in [0.05, 0.1) is 6.04 Å². The summed E-state index contributed by atoms with van der Waals surface area (Å²) < 4.78 is 0. The number of hydrogen-bond acceptors (Lipinski definition) is 7. The predicted octanol–water partition coefficient (Wildman–Crippen LogP) is 1.35. The van der Waals surface area contributed by atoms with Crippen LogP contribution >= 0.6 is 0 Å². The number of pyridine rings is 1. The van der Waals surface area contributed by atoms with Gasteiger partial charge in [0.1, 0.15) is 5.82 Å². The molecule has 2 aliphatic rings. The van der Waals surface area contributed by atoms with Crippen molar-refractivity contribution in [3.05, 3.63) is 58.8 Å². The average molecular weight is 482 g/mol. The van der Waals surface area contributed by atoms with E-state index in [1.54, 1.807) is 24.3 Å². The summed E-state index contributed by atoms with van der Waals surface area (Å²) in [5.41, 5.74) is 8.62. The fourth-order valence-corrected chi connectivity index (χ4v) is 5.02. The number of nitrogens with zero attached hydrogens (tertiary/aromatic N) is 2. The number of carbonyl (C=O) groups excluding carboxylic acids is 2. The third-order valence-corrected chi connectivity index (χ3v) is 6.95. The second kappa shape index (κ2) is 11.6. The maximum absolute atomic E-state index is 12.7. The quantitative estimate of drug-likeness (QED) is 0.269. The van der Waals surface area contributed by atoms with Crippen molar-refractivity contribution in [1.29, 1.82) is 0 Å². The number of fused-ring (bicyclic) bond motifs is 1. The summed E-state index contributed by atoms with van der Waals surface area (Å²) in [7, 11) is 0. The Kier molecular flexibility index (Phi) is 8.33. The molecule has 0 saturated carbocycles. The summed E-state index contributed by atoms with van der Waals surface area (Å²) in [5, 5.41) is 26.5. The molecule has 2 amide bonds. The number of primary amides is 1. The van der Waals surface area contributed by atoms with Gasteiger partial charge in [0.15, 0.2) is 6.29 Å². The summed E-state index contributed by atoms with van der Waals surface area (Å²) in [6.45, 7) is 2.67. The number of nitrogens with one attached hydrogen (secondary N) is 2. The Hall–Kier alpha value is -3.01. The van der Waals surface area contributed by atoms with Crippen molar-refractivity contribution in [2.75, 3.05) is 31.5 Å². The van der Waals surface area contributed by atoms with Gasteiger partial charge in [-0.25, -0.2) is 4.98 Å². The molecular formula is C26H35N5O4. The highest BCUT2D eigenvalue weighted by atomic mass is 16.5. The molecule has 35 heavy (non-hydrogen) atoms. The molecule has 1 aromatic carbocycles. The van der Waals surface area contributed by atoms with E-state index >= 15 is 0 Å². The van der Waals surface area contributed by atoms with E-state index in [4.69, 9.17) is 10.7 Å². The maximum atomic E-state index is 12.7. The van der Waals surface area contributed by atoms with Crippen molar-refractivity contribution in [3.63, 3.8) is 0 Å². The number of carbonyl (C=O) groups is 2. The van der Waals surface area contributed by atoms with Crippen LogP contribution in [0.3, 0.4) is 0 Å². The largest absolute Gasteiger partial charge is 0.370 e. The van der Waals surface area contributed by atoms with Gasteiger partial charge < -0.3 is 26.6 Å². The molecule has 2 aromatic rings. The van der Waals surface area contributed by atoms with E-state index in [9.17, 15) is 19.8 Å². The second-order valence-electron chi connectivity index (χ2n) is 9.39. The van der Waals surface area contributed by atoms with Crippen LogP contribution in [0, 0.1) is 5.92 Å². The molecule has 3 heterocycles. The van der Waals surface area contributed by atoms with Crippen LogP contribution in [0.1, 0.15) is 58.9 Å². The third-order valence-electron chi connectivity index (χ3n) is 6.95. The molecular weight excluding hydrogens is 446 g/mol. The fraction of sp³-hybridized carbons (Fsp3) is 0.500. The molecule has 0 spiro atoms. The highest BCUT2D eigenvalue weighted by Crippen LogP contribution is 2.29. The van der Waals surface area contributed by atoms with Gasteiger partial charge in [0.25, 0.3) is 0 Å². The molecule has 1 aromatic heterocycles. The number of piperidine rings is 1. The van der Waals surface area contributed by atoms with Gasteiger partial charge >= 0.3 is 0 Å². The monoisotopic (exact) mass is 481 g/mol. The lowest BCUT2D eigenvalue weighted by Gasteiger charge is -2.38. The zero-order valence-electron chi connectivity index (χ0n) is 19.9. The van der Waals surface area contributed by atoms with Crippen molar-refractivity contribution in [2.24, 2.45) is 11.7 Å². The average Bonchev–Trinajstić information content (AvgIpc) is 2.87. The Bertz CT molecular complexity index is 1040. The van der Waals surface area contributed by atoms with E-state index in [-0.39, 0.29) is 11.8 Å². The first-order valence-electron chi connectivity index (χ1n) is 12.4. The summed E-state index contributed by atoms with van der Waals surface area (Å²) in [6, 6.07) is 10.2. The molecule has 1 saturated heterocycles. The van der Waals surface area contributed by atoms with Crippen LogP contribution < -0.4 is 16.4 Å². The van der Waals surface area contributed by atoms with Crippen LogP contribution in [0.4, 0.5) is 5.82 Å². The van der Waals surface area contributed by atoms with Crippen LogP contribution in [0.15, 0.2) is 36.4 Å². The first kappa shape index (κ1) is 25.1. The highest BCUT2D eigenvalue weighted by molar-refractivity contribution is 5.92. The lowest BCUT2D eigenvalue weighted by molar-refractivity contribution is -0.129. The Morgan fingerprint density at radius 3 is 2.74 bits per heavy atom. The minimum absolute atomic E-state index is 0.0431. The van der Waals surface area contributed by atoms with Crippen molar-refractivity contribution >= 4 is 17.6 Å². The lowest BCUT2D eigenvalue weighted by Crippen LogP contribution is -2.45. The molecule has 188 valence electrons. The van der Waals surface area contributed by atoms with Gasteiger partial charge in [-0.3, -0.25) is 14.5 Å². The first-order chi connectivity index (χ1) is 16.9. The van der Waals surface area contributed by atoms with Gasteiger partial charge in [-0.15, -0.1) is 0 Å². The summed E-state index contributed by atoms with van der Waals surface area (Å²) in [6.07, 6.45) is 3.49. The zero-order valence-corrected chi connectivity index (χ0v) is 19.9. The zero-order chi connectivity index (χ0) is 24.8. The Morgan fingerprint density at radius 1 is 1.20 bits per heavy atom. The number of aryl methyl sites for hydroxylation is 2. The number of rotatable bonds is 9. The molecule has 1 fully saturated rings. The SMILES string of the molecule is NC(=O)c1cccc(C(C(O)O)N2CCC(C(=O)NCCCc3ccc4c(n3)NCCC4)CC2)c1. The number of aromatic nitrogens is 1. The molecule has 0 aliphatic carbocycles. The number of benzene rings is 1. The van der Waals surface area contributed by atoms with E-state index < -0.39 is 18.2 Å². The summed E-state index contributed by atoms with van der Waals surface area (Å²) in [5.74, 6) is 0.372. The Labute approximate surface area is 205 Å². The van der Waals surface area contributed by atoms with Crippen molar-refractivity contribution < 1.29 is 19.8 Å². The molecule has 0 bridgehead atoms. The number of amides is 2. The van der Waals surface area contributed by atoms with Crippen molar-refractivity contribution in [2.45, 2.75) is 50.9 Å². The highest BCUT2D eigenvalue weighted by Gasteiger charge is 2.32. The second-order valence-corrected chi connectivity index (χ2v) is 9.39. The molecule has 1 atom stereocenters. The topological polar surface area (TPSA) is 141 Å². The molecule has 4 rings (SSSR count). The smallest absolute Gasteiger partial charge is 0.248 e. The standard InChI is InChI=1S/C26H35N5O4/c27-23(32)20-5-1-4-19(16-20)22(26(34)35)31-14-10-18(11-15-31)25(33)29-13-3-7-21-9-8-17-6-2-12-28-24(17)30-21/h1,4-5,8-9,16,18,22,26,34-35H,2-3,6-7,10-15H2,(H2,27,32)(H,28,30)(H,29,33). The first-order valence-corrected chi connectivity index (χ1v) is 12.4. The molecule has 0 radical (unpaired) electrons. The van der Waals surface area contributed by atoms with Gasteiger partial charge in [0, 0.05) is 30.3 Å². The molecule has 6 N–H and O–H groups in total. The lowest BCUT2D eigenvalue weighted by atomic mass is 9.92. The number of nitrogens with two attached hydrogens (primary N) is 1. The number of anilines is 1. The minimum atomic E-state index is -1.61. The van der Waals surface area contributed by atoms with E-state index in [0.29, 0.717) is 43.6 Å². The molecule has 9 heteroatoms. The van der Waals surface area contributed by atoms with E-state index in [1.807, 2.05) is 4.90 Å². The van der Waals surface area contributed by atoms with Crippen LogP contribution in [-0.2, 0) is 17.6 Å². The predicted molar refractivity (Wildman–Crippen MR) is 133 cm³/mol. The summed E-state index contributed by atoms with van der Waals surface area (Å²) >= 11 is 0. The van der Waals surface area contributed by atoms with Gasteiger partial charge in [0.2, 0.25) is 11.8 Å². The van der Waals surface area contributed by atoms with Crippen LogP contribution in [-0.4, -0.2) is 64.4 Å².